The molecule has 3 aromatic carbocycles. The van der Waals surface area contributed by atoms with Gasteiger partial charge in [-0.25, -0.2) is 4.98 Å². The average molecular weight is 436 g/mol. The molecule has 4 aromatic rings. The zero-order chi connectivity index (χ0) is 22.1. The number of hydrogen-bond donors (Lipinski definition) is 1. The Kier molecular flexibility index (Phi) is 5.44. The summed E-state index contributed by atoms with van der Waals surface area (Å²) in [5.41, 5.74) is 3.93. The van der Waals surface area contributed by atoms with Gasteiger partial charge in [0.25, 0.3) is 11.6 Å². The van der Waals surface area contributed by atoms with Crippen LogP contribution >= 0.6 is 11.6 Å². The van der Waals surface area contributed by atoms with E-state index in [2.05, 4.69) is 17.2 Å². The van der Waals surface area contributed by atoms with E-state index in [-0.39, 0.29) is 16.8 Å². The molecule has 1 N–H and O–H groups in total. The Labute approximate surface area is 182 Å². The highest BCUT2D eigenvalue weighted by atomic mass is 35.5. The van der Waals surface area contributed by atoms with E-state index < -0.39 is 10.8 Å². The average Bonchev–Trinajstić information content (AvgIpc) is 3.18. The van der Waals surface area contributed by atoms with Crippen LogP contribution in [0.4, 0.5) is 11.4 Å². The maximum absolute atomic E-state index is 12.8. The van der Waals surface area contributed by atoms with Gasteiger partial charge in [0.05, 0.1) is 15.6 Å². The van der Waals surface area contributed by atoms with E-state index >= 15 is 0 Å². The zero-order valence-electron chi connectivity index (χ0n) is 16.8. The molecular formula is C23H18ClN3O4. The van der Waals surface area contributed by atoms with E-state index in [1.165, 1.54) is 25.1 Å². The third kappa shape index (κ3) is 4.00. The first-order chi connectivity index (χ1) is 14.9. The monoisotopic (exact) mass is 435 g/mol. The number of hydrogen-bond acceptors (Lipinski definition) is 5. The molecule has 0 unspecified atom stereocenters. The maximum Gasteiger partial charge on any atom is 0.273 e. The fraction of sp³-hybridized carbons (Fsp3) is 0.130. The summed E-state index contributed by atoms with van der Waals surface area (Å²) < 4.78 is 5.86. The fourth-order valence-electron chi connectivity index (χ4n) is 3.33. The Bertz CT molecular complexity index is 1330. The number of halogens is 1. The molecule has 0 aliphatic carbocycles. The first kappa shape index (κ1) is 20.6. The molecule has 0 bridgehead atoms. The van der Waals surface area contributed by atoms with Crippen LogP contribution < -0.4 is 5.32 Å². The van der Waals surface area contributed by atoms with Crippen LogP contribution in [0.25, 0.3) is 22.6 Å². The Morgan fingerprint density at radius 2 is 2.00 bits per heavy atom. The molecule has 0 atom stereocenters. The Morgan fingerprint density at radius 1 is 1.19 bits per heavy atom. The van der Waals surface area contributed by atoms with Crippen molar-refractivity contribution in [2.24, 2.45) is 0 Å². The first-order valence-corrected chi connectivity index (χ1v) is 10.00. The summed E-state index contributed by atoms with van der Waals surface area (Å²) in [7, 11) is 0. The van der Waals surface area contributed by atoms with Crippen LogP contribution in [-0.2, 0) is 6.42 Å². The number of carbonyl (C=O) groups excluding carboxylic acids is 1. The number of amides is 1. The molecule has 31 heavy (non-hydrogen) atoms. The van der Waals surface area contributed by atoms with Crippen LogP contribution in [-0.4, -0.2) is 15.8 Å². The number of nitrogens with zero attached hydrogens (tertiary/aromatic N) is 2. The number of nitro groups is 1. The number of aryl methyl sites for hydroxylation is 1. The normalized spacial score (nSPS) is 10.9. The van der Waals surface area contributed by atoms with Gasteiger partial charge in [-0.05, 0) is 55.3 Å². The van der Waals surface area contributed by atoms with Gasteiger partial charge in [-0.1, -0.05) is 30.7 Å². The molecule has 4 rings (SSSR count). The van der Waals surface area contributed by atoms with E-state index in [0.29, 0.717) is 27.7 Å². The van der Waals surface area contributed by atoms with Crippen molar-refractivity contribution < 1.29 is 14.1 Å². The summed E-state index contributed by atoms with van der Waals surface area (Å²) in [6.45, 7) is 3.60. The minimum Gasteiger partial charge on any atom is -0.436 e. The molecule has 8 heteroatoms. The van der Waals surface area contributed by atoms with Crippen molar-refractivity contribution in [2.45, 2.75) is 20.3 Å². The van der Waals surface area contributed by atoms with Gasteiger partial charge < -0.3 is 9.73 Å². The van der Waals surface area contributed by atoms with E-state index in [1.54, 1.807) is 18.2 Å². The molecular weight excluding hydrogens is 418 g/mol. The van der Waals surface area contributed by atoms with E-state index in [0.717, 1.165) is 17.5 Å². The largest absolute Gasteiger partial charge is 0.436 e. The van der Waals surface area contributed by atoms with Crippen molar-refractivity contribution in [3.8, 4) is 11.5 Å². The third-order valence-corrected chi connectivity index (χ3v) is 5.40. The number of nitrogens with one attached hydrogen (secondary N) is 1. The second-order valence-corrected chi connectivity index (χ2v) is 7.44. The van der Waals surface area contributed by atoms with Gasteiger partial charge in [0.15, 0.2) is 5.58 Å². The maximum atomic E-state index is 12.8. The number of rotatable bonds is 5. The topological polar surface area (TPSA) is 98.3 Å². The predicted octanol–water partition coefficient (Wildman–Crippen LogP) is 6.18. The second kappa shape index (κ2) is 8.20. The van der Waals surface area contributed by atoms with Gasteiger partial charge in [0.2, 0.25) is 5.89 Å². The van der Waals surface area contributed by atoms with Crippen LogP contribution in [0.15, 0.2) is 59.0 Å². The second-order valence-electron chi connectivity index (χ2n) is 7.03. The lowest BCUT2D eigenvalue weighted by molar-refractivity contribution is -0.385. The summed E-state index contributed by atoms with van der Waals surface area (Å²) in [6, 6.07) is 15.3. The van der Waals surface area contributed by atoms with E-state index in [1.807, 2.05) is 18.2 Å². The highest BCUT2D eigenvalue weighted by molar-refractivity contribution is 6.34. The SMILES string of the molecule is CCc1ccc2oc(-c3ccc(Cl)c(NC(=O)c4cccc([N+](=O)[O-])c4C)c3)nc2c1. The standard InChI is InChI=1S/C23H18ClN3O4/c1-3-14-7-10-21-19(11-14)26-23(31-21)15-8-9-17(24)18(12-15)25-22(28)16-5-4-6-20(13(16)2)27(29)30/h4-12H,3H2,1-2H3,(H,25,28). The summed E-state index contributed by atoms with van der Waals surface area (Å²) in [4.78, 5) is 28.0. The van der Waals surface area contributed by atoms with Crippen LogP contribution in [0.1, 0.15) is 28.4 Å². The molecule has 156 valence electrons. The van der Waals surface area contributed by atoms with Gasteiger partial charge in [-0.2, -0.15) is 0 Å². The smallest absolute Gasteiger partial charge is 0.273 e. The highest BCUT2D eigenvalue weighted by Crippen LogP contribution is 2.31. The quantitative estimate of drug-likeness (QED) is 0.298. The molecule has 0 aliphatic rings. The predicted molar refractivity (Wildman–Crippen MR) is 120 cm³/mol. The van der Waals surface area contributed by atoms with Gasteiger partial charge in [-0.15, -0.1) is 0 Å². The number of nitro benzene ring substituents is 1. The number of oxazole rings is 1. The van der Waals surface area contributed by atoms with Crippen molar-refractivity contribution in [1.82, 2.24) is 4.98 Å². The Morgan fingerprint density at radius 3 is 2.74 bits per heavy atom. The van der Waals surface area contributed by atoms with Crippen LogP contribution in [0.2, 0.25) is 5.02 Å². The molecule has 1 amide bonds. The van der Waals surface area contributed by atoms with E-state index in [9.17, 15) is 14.9 Å². The number of carbonyl (C=O) groups is 1. The highest BCUT2D eigenvalue weighted by Gasteiger charge is 2.19. The fourth-order valence-corrected chi connectivity index (χ4v) is 3.49. The van der Waals surface area contributed by atoms with Gasteiger partial charge in [0, 0.05) is 22.8 Å². The number of benzene rings is 3. The van der Waals surface area contributed by atoms with Crippen LogP contribution in [0.5, 0.6) is 0 Å². The molecule has 7 nitrogen and oxygen atoms in total. The lowest BCUT2D eigenvalue weighted by Crippen LogP contribution is -2.14. The summed E-state index contributed by atoms with van der Waals surface area (Å²) in [5, 5.41) is 14.2. The lowest BCUT2D eigenvalue weighted by Gasteiger charge is -2.10. The first-order valence-electron chi connectivity index (χ1n) is 9.62. The molecule has 0 aliphatic heterocycles. The molecule has 0 spiro atoms. The minimum absolute atomic E-state index is 0.120. The van der Waals surface area contributed by atoms with Crippen molar-refractivity contribution in [3.05, 3.63) is 86.4 Å². The van der Waals surface area contributed by atoms with Gasteiger partial charge in [-0.3, -0.25) is 14.9 Å². The van der Waals surface area contributed by atoms with Crippen molar-refractivity contribution >= 4 is 40.0 Å². The lowest BCUT2D eigenvalue weighted by atomic mass is 10.1. The van der Waals surface area contributed by atoms with Crippen LogP contribution in [0, 0.1) is 17.0 Å². The van der Waals surface area contributed by atoms with Crippen molar-refractivity contribution in [3.63, 3.8) is 0 Å². The summed E-state index contributed by atoms with van der Waals surface area (Å²) in [6.07, 6.45) is 0.895. The van der Waals surface area contributed by atoms with Gasteiger partial charge in [0.1, 0.15) is 5.52 Å². The molecule has 0 fully saturated rings. The van der Waals surface area contributed by atoms with Crippen molar-refractivity contribution in [1.29, 1.82) is 0 Å². The number of anilines is 1. The van der Waals surface area contributed by atoms with Gasteiger partial charge >= 0.3 is 0 Å². The molecule has 0 saturated heterocycles. The third-order valence-electron chi connectivity index (χ3n) is 5.07. The molecule has 0 radical (unpaired) electrons. The van der Waals surface area contributed by atoms with Crippen LogP contribution in [0.3, 0.4) is 0 Å². The minimum atomic E-state index is -0.517. The molecule has 1 aromatic heterocycles. The zero-order valence-corrected chi connectivity index (χ0v) is 17.6. The summed E-state index contributed by atoms with van der Waals surface area (Å²) in [5.74, 6) is -0.0904. The van der Waals surface area contributed by atoms with Crippen molar-refractivity contribution in [2.75, 3.05) is 5.32 Å². The number of fused-ring (bicyclic) bond motifs is 1. The Balaban J connectivity index is 1.67. The Hall–Kier alpha value is -3.71. The molecule has 1 heterocycles. The molecule has 0 saturated carbocycles. The number of aromatic nitrogens is 1. The van der Waals surface area contributed by atoms with E-state index in [4.69, 9.17) is 16.0 Å². The summed E-state index contributed by atoms with van der Waals surface area (Å²) >= 11 is 6.28.